The predicted octanol–water partition coefficient (Wildman–Crippen LogP) is 3.66. The average molecular weight is 297 g/mol. The molecule has 1 N–H and O–H groups in total. The molecule has 1 aliphatic rings. The summed E-state index contributed by atoms with van der Waals surface area (Å²) in [7, 11) is 0. The number of likely N-dealkylation sites (tertiary alicyclic amines) is 1. The van der Waals surface area contributed by atoms with Crippen LogP contribution >= 0.6 is 11.6 Å². The zero-order valence-corrected chi connectivity index (χ0v) is 13.1. The topological polar surface area (TPSA) is 20.2 Å². The van der Waals surface area contributed by atoms with Crippen molar-refractivity contribution in [2.45, 2.75) is 38.5 Å². The van der Waals surface area contributed by atoms with Crippen LogP contribution in [0, 0.1) is 0 Å². The van der Waals surface area contributed by atoms with Crippen LogP contribution in [0.3, 0.4) is 0 Å². The smallest absolute Gasteiger partial charge is 0.0808 e. The molecule has 3 heteroatoms. The van der Waals surface area contributed by atoms with E-state index in [1.807, 2.05) is 12.1 Å². The fraction of sp³-hybridized carbons (Fsp3) is 0.647. The Labute approximate surface area is 128 Å². The van der Waals surface area contributed by atoms with E-state index in [9.17, 15) is 0 Å². The molecule has 0 radical (unpaired) electrons. The van der Waals surface area contributed by atoms with Crippen molar-refractivity contribution in [2.24, 2.45) is 0 Å². The molecule has 1 heterocycles. The van der Waals surface area contributed by atoms with Crippen LogP contribution in [0.2, 0.25) is 5.02 Å². The minimum atomic E-state index is 0.331. The Hall–Kier alpha value is -0.570. The summed E-state index contributed by atoms with van der Waals surface area (Å²) >= 11 is 5.92. The molecule has 0 unspecified atom stereocenters. The minimum absolute atomic E-state index is 0.331. The number of aryl methyl sites for hydroxylation is 1. The largest absolute Gasteiger partial charge is 0.396 e. The van der Waals surface area contributed by atoms with Gasteiger partial charge in [0.15, 0.2) is 0 Å². The van der Waals surface area contributed by atoms with Crippen molar-refractivity contribution in [3.63, 3.8) is 0 Å². The molecule has 0 atom stereocenters. The van der Waals surface area contributed by atoms with E-state index in [0.717, 1.165) is 24.4 Å². The number of hydrogen-bond donors (Lipinski definition) is 1. The van der Waals surface area contributed by atoms with Crippen LogP contribution < -0.4 is 0 Å². The third-order valence-electron chi connectivity index (χ3n) is 4.57. The molecule has 0 bridgehead atoms. The van der Waals surface area contributed by atoms with Gasteiger partial charge in [-0.1, -0.05) is 23.7 Å². The third kappa shape index (κ3) is 4.76. The summed E-state index contributed by atoms with van der Waals surface area (Å²) in [5, 5.41) is 9.93. The second-order valence-electron chi connectivity index (χ2n) is 6.10. The molecule has 0 aromatic heterocycles. The lowest BCUT2D eigenvalue weighted by Gasteiger charge is -2.41. The normalized spacial score (nSPS) is 18.1. The van der Waals surface area contributed by atoms with Crippen molar-refractivity contribution in [2.75, 3.05) is 32.8 Å². The van der Waals surface area contributed by atoms with Gasteiger partial charge in [-0.25, -0.2) is 0 Å². The summed E-state index contributed by atoms with van der Waals surface area (Å²) in [6.07, 6.45) is 7.40. The van der Waals surface area contributed by atoms with E-state index in [2.05, 4.69) is 12.1 Å². The highest BCUT2D eigenvalue weighted by Crippen LogP contribution is 2.21. The zero-order valence-electron chi connectivity index (χ0n) is 12.4. The maximum Gasteiger partial charge on any atom is 0.0808 e. The molecule has 1 aromatic carbocycles. The molecule has 0 spiro atoms. The molecule has 1 aromatic rings. The first-order valence-corrected chi connectivity index (χ1v) is 8.32. The van der Waals surface area contributed by atoms with Gasteiger partial charge < -0.3 is 9.59 Å². The van der Waals surface area contributed by atoms with E-state index < -0.39 is 0 Å². The first-order valence-electron chi connectivity index (χ1n) is 7.95. The van der Waals surface area contributed by atoms with E-state index in [0.29, 0.717) is 6.61 Å². The Morgan fingerprint density at radius 3 is 2.25 bits per heavy atom. The summed E-state index contributed by atoms with van der Waals surface area (Å²) in [5.41, 5.74) is 1.38. The minimum Gasteiger partial charge on any atom is -0.396 e. The van der Waals surface area contributed by atoms with Gasteiger partial charge in [0, 0.05) is 24.5 Å². The highest BCUT2D eigenvalue weighted by Gasteiger charge is 2.28. The average Bonchev–Trinajstić information content (AvgIpc) is 2.48. The lowest BCUT2D eigenvalue weighted by molar-refractivity contribution is -0.932. The van der Waals surface area contributed by atoms with Gasteiger partial charge in [0.1, 0.15) is 0 Å². The molecule has 0 saturated carbocycles. The third-order valence-corrected chi connectivity index (χ3v) is 4.82. The van der Waals surface area contributed by atoms with Crippen molar-refractivity contribution in [1.82, 2.24) is 0 Å². The van der Waals surface area contributed by atoms with Crippen molar-refractivity contribution in [3.8, 4) is 0 Å². The van der Waals surface area contributed by atoms with Gasteiger partial charge in [0.05, 0.1) is 26.2 Å². The van der Waals surface area contributed by atoms with Crippen LogP contribution in [0.15, 0.2) is 24.3 Å². The Bertz CT molecular complexity index is 384. The Kier molecular flexibility index (Phi) is 6.34. The lowest BCUT2D eigenvalue weighted by atomic mass is 10.0. The predicted molar refractivity (Wildman–Crippen MR) is 85.1 cm³/mol. The van der Waals surface area contributed by atoms with Crippen LogP contribution in [0.1, 0.15) is 37.7 Å². The number of aliphatic hydroxyl groups is 1. The summed E-state index contributed by atoms with van der Waals surface area (Å²) in [6.45, 7) is 5.35. The summed E-state index contributed by atoms with van der Waals surface area (Å²) in [6, 6.07) is 8.23. The maximum atomic E-state index is 9.12. The molecule has 2 nitrogen and oxygen atoms in total. The van der Waals surface area contributed by atoms with Gasteiger partial charge >= 0.3 is 0 Å². The van der Waals surface area contributed by atoms with Crippen LogP contribution in [0.25, 0.3) is 0 Å². The fourth-order valence-electron chi connectivity index (χ4n) is 3.42. The van der Waals surface area contributed by atoms with E-state index in [1.165, 1.54) is 55.4 Å². The van der Waals surface area contributed by atoms with Gasteiger partial charge in [0.2, 0.25) is 0 Å². The van der Waals surface area contributed by atoms with Gasteiger partial charge in [-0.2, -0.15) is 0 Å². The molecule has 0 aliphatic carbocycles. The molecular formula is C17H27ClNO+. The maximum absolute atomic E-state index is 9.12. The van der Waals surface area contributed by atoms with Crippen LogP contribution in [-0.2, 0) is 6.42 Å². The summed E-state index contributed by atoms with van der Waals surface area (Å²) in [5.74, 6) is 0. The second kappa shape index (κ2) is 8.02. The van der Waals surface area contributed by atoms with Gasteiger partial charge in [0.25, 0.3) is 0 Å². The van der Waals surface area contributed by atoms with Gasteiger partial charge in [-0.15, -0.1) is 0 Å². The van der Waals surface area contributed by atoms with Gasteiger partial charge in [-0.05, 0) is 43.4 Å². The number of benzene rings is 1. The van der Waals surface area contributed by atoms with E-state index in [4.69, 9.17) is 16.7 Å². The second-order valence-corrected chi connectivity index (χ2v) is 6.54. The number of quaternary nitrogens is 1. The van der Waals surface area contributed by atoms with Gasteiger partial charge in [-0.3, -0.25) is 0 Å². The Balaban J connectivity index is 1.83. The standard InChI is InChI=1S/C17H27ClNO/c18-17-9-7-16(8-10-17)6-4-13-19(14-5-15-20)11-2-1-3-12-19/h7-10,20H,1-6,11-15H2/q+1. The van der Waals surface area contributed by atoms with Crippen molar-refractivity contribution >= 4 is 11.6 Å². The number of nitrogens with zero attached hydrogens (tertiary/aromatic N) is 1. The van der Waals surface area contributed by atoms with Crippen LogP contribution in [0.5, 0.6) is 0 Å². The first-order chi connectivity index (χ1) is 9.74. The van der Waals surface area contributed by atoms with Crippen molar-refractivity contribution in [1.29, 1.82) is 0 Å². The SMILES string of the molecule is OCCC[N+]1(CCCc2ccc(Cl)cc2)CCCCC1. The number of rotatable bonds is 7. The molecule has 0 amide bonds. The molecule has 1 aliphatic heterocycles. The molecule has 1 fully saturated rings. The zero-order chi connectivity index (χ0) is 14.3. The quantitative estimate of drug-likeness (QED) is 0.762. The van der Waals surface area contributed by atoms with Crippen molar-refractivity contribution < 1.29 is 9.59 Å². The molecule has 1 saturated heterocycles. The Morgan fingerprint density at radius 2 is 1.60 bits per heavy atom. The summed E-state index contributed by atoms with van der Waals surface area (Å²) < 4.78 is 1.23. The van der Waals surface area contributed by atoms with Crippen LogP contribution in [-0.4, -0.2) is 42.4 Å². The van der Waals surface area contributed by atoms with E-state index >= 15 is 0 Å². The first kappa shape index (κ1) is 15.8. The lowest BCUT2D eigenvalue weighted by Crippen LogP contribution is -2.52. The van der Waals surface area contributed by atoms with E-state index in [1.54, 1.807) is 0 Å². The highest BCUT2D eigenvalue weighted by atomic mass is 35.5. The fourth-order valence-corrected chi connectivity index (χ4v) is 3.54. The van der Waals surface area contributed by atoms with Crippen LogP contribution in [0.4, 0.5) is 0 Å². The molecular weight excluding hydrogens is 270 g/mol. The molecule has 2 rings (SSSR count). The monoisotopic (exact) mass is 296 g/mol. The number of piperidine rings is 1. The summed E-state index contributed by atoms with van der Waals surface area (Å²) in [4.78, 5) is 0. The van der Waals surface area contributed by atoms with Crippen molar-refractivity contribution in [3.05, 3.63) is 34.9 Å². The number of aliphatic hydroxyl groups excluding tert-OH is 1. The molecule has 20 heavy (non-hydrogen) atoms. The van der Waals surface area contributed by atoms with E-state index in [-0.39, 0.29) is 0 Å². The number of halogens is 1. The molecule has 112 valence electrons. The Morgan fingerprint density at radius 1 is 0.950 bits per heavy atom. The highest BCUT2D eigenvalue weighted by molar-refractivity contribution is 6.30. The number of hydrogen-bond acceptors (Lipinski definition) is 1.